The number of hydrogen-bond acceptors (Lipinski definition) is 3. The molecule has 0 atom stereocenters. The van der Waals surface area contributed by atoms with Crippen LogP contribution >= 0.6 is 0 Å². The van der Waals surface area contributed by atoms with E-state index in [2.05, 4.69) is 27.6 Å². The number of amides is 1. The standard InChI is InChI=1S/C18H19N5O/c24-18(7-13-8-19-16-4-2-1-3-15(13)16)22-9-14(10-22)23-11-17(20-21-23)12-5-6-12/h1-4,8,11-12,14,19H,5-7,9-10H2. The zero-order valence-electron chi connectivity index (χ0n) is 13.4. The number of nitrogens with zero attached hydrogens (tertiary/aromatic N) is 4. The summed E-state index contributed by atoms with van der Waals surface area (Å²) < 4.78 is 1.93. The summed E-state index contributed by atoms with van der Waals surface area (Å²) in [5.41, 5.74) is 3.26. The van der Waals surface area contributed by atoms with Crippen LogP contribution in [0.1, 0.15) is 36.1 Å². The smallest absolute Gasteiger partial charge is 0.227 e. The fourth-order valence-electron chi connectivity index (χ4n) is 3.41. The van der Waals surface area contributed by atoms with E-state index in [9.17, 15) is 4.79 Å². The van der Waals surface area contributed by atoms with Gasteiger partial charge in [-0.1, -0.05) is 23.4 Å². The molecular formula is C18H19N5O. The Morgan fingerprint density at radius 1 is 1.25 bits per heavy atom. The summed E-state index contributed by atoms with van der Waals surface area (Å²) in [4.78, 5) is 17.6. The van der Waals surface area contributed by atoms with E-state index in [-0.39, 0.29) is 11.9 Å². The molecule has 2 aromatic heterocycles. The minimum absolute atomic E-state index is 0.179. The average Bonchev–Trinajstić information content (AvgIpc) is 3.16. The number of carbonyl (C=O) groups is 1. The van der Waals surface area contributed by atoms with Crippen LogP contribution in [0.3, 0.4) is 0 Å². The second-order valence-corrected chi connectivity index (χ2v) is 6.89. The number of benzene rings is 1. The van der Waals surface area contributed by atoms with Gasteiger partial charge in [0.15, 0.2) is 0 Å². The van der Waals surface area contributed by atoms with Gasteiger partial charge in [-0.05, 0) is 24.5 Å². The Kier molecular flexibility index (Phi) is 2.98. The first kappa shape index (κ1) is 13.8. The first-order valence-corrected chi connectivity index (χ1v) is 8.52. The second-order valence-electron chi connectivity index (χ2n) is 6.89. The Balaban J connectivity index is 1.23. The topological polar surface area (TPSA) is 66.8 Å². The Labute approximate surface area is 139 Å². The maximum absolute atomic E-state index is 12.5. The van der Waals surface area contributed by atoms with Crippen LogP contribution < -0.4 is 0 Å². The molecule has 2 fully saturated rings. The average molecular weight is 321 g/mol. The number of nitrogens with one attached hydrogen (secondary N) is 1. The number of H-pyrrole nitrogens is 1. The molecule has 5 rings (SSSR count). The van der Waals surface area contributed by atoms with Crippen molar-refractivity contribution in [2.75, 3.05) is 13.1 Å². The highest BCUT2D eigenvalue weighted by molar-refractivity contribution is 5.89. The summed E-state index contributed by atoms with van der Waals surface area (Å²) in [6.07, 6.45) is 6.92. The number of aromatic nitrogens is 4. The van der Waals surface area contributed by atoms with E-state index in [0.717, 1.165) is 35.2 Å². The first-order chi connectivity index (χ1) is 11.8. The number of carbonyl (C=O) groups excluding carboxylic acids is 1. The Hall–Kier alpha value is -2.63. The Bertz CT molecular complexity index is 901. The minimum atomic E-state index is 0.179. The minimum Gasteiger partial charge on any atom is -0.361 e. The van der Waals surface area contributed by atoms with Crippen LogP contribution in [0.4, 0.5) is 0 Å². The number of rotatable bonds is 4. The lowest BCUT2D eigenvalue weighted by Gasteiger charge is -2.38. The maximum Gasteiger partial charge on any atom is 0.227 e. The number of hydrogen-bond donors (Lipinski definition) is 1. The summed E-state index contributed by atoms with van der Waals surface area (Å²) in [5, 5.41) is 9.62. The number of aromatic amines is 1. The normalized spacial score (nSPS) is 18.1. The fraction of sp³-hybridized carbons (Fsp3) is 0.389. The summed E-state index contributed by atoms with van der Waals surface area (Å²) in [7, 11) is 0. The third-order valence-corrected chi connectivity index (χ3v) is 5.13. The molecule has 1 saturated carbocycles. The monoisotopic (exact) mass is 321 g/mol. The van der Waals surface area contributed by atoms with Gasteiger partial charge >= 0.3 is 0 Å². The molecule has 1 saturated heterocycles. The van der Waals surface area contributed by atoms with Gasteiger partial charge in [0.1, 0.15) is 0 Å². The van der Waals surface area contributed by atoms with Crippen molar-refractivity contribution < 1.29 is 4.79 Å². The van der Waals surface area contributed by atoms with Crippen molar-refractivity contribution >= 4 is 16.8 Å². The lowest BCUT2D eigenvalue weighted by Crippen LogP contribution is -2.51. The molecule has 122 valence electrons. The molecule has 1 aliphatic carbocycles. The molecule has 2 aliphatic rings. The zero-order valence-corrected chi connectivity index (χ0v) is 13.4. The highest BCUT2D eigenvalue weighted by Gasteiger charge is 2.34. The van der Waals surface area contributed by atoms with Gasteiger partial charge in [0.05, 0.1) is 18.2 Å². The molecule has 1 aromatic carbocycles. The molecule has 6 heteroatoms. The van der Waals surface area contributed by atoms with E-state index in [1.165, 1.54) is 12.8 Å². The maximum atomic E-state index is 12.5. The van der Waals surface area contributed by atoms with E-state index >= 15 is 0 Å². The van der Waals surface area contributed by atoms with Gasteiger partial charge in [0, 0.05) is 42.3 Å². The highest BCUT2D eigenvalue weighted by atomic mass is 16.2. The van der Waals surface area contributed by atoms with Gasteiger partial charge in [0.25, 0.3) is 0 Å². The van der Waals surface area contributed by atoms with Crippen LogP contribution in [0.2, 0.25) is 0 Å². The lowest BCUT2D eigenvalue weighted by molar-refractivity contribution is -0.136. The molecule has 0 unspecified atom stereocenters. The molecule has 0 spiro atoms. The van der Waals surface area contributed by atoms with E-state index in [4.69, 9.17) is 0 Å². The summed E-state index contributed by atoms with van der Waals surface area (Å²) in [5.74, 6) is 0.803. The first-order valence-electron chi connectivity index (χ1n) is 8.52. The van der Waals surface area contributed by atoms with Crippen LogP contribution in [0, 0.1) is 0 Å². The molecule has 1 N–H and O–H groups in total. The molecule has 3 heterocycles. The van der Waals surface area contributed by atoms with Gasteiger partial charge in [-0.3, -0.25) is 4.79 Å². The SMILES string of the molecule is O=C(Cc1c[nH]c2ccccc12)N1CC(n2cc(C3CC3)nn2)C1. The van der Waals surface area contributed by atoms with Crippen LogP contribution in [-0.2, 0) is 11.2 Å². The van der Waals surface area contributed by atoms with Gasteiger partial charge in [-0.25, -0.2) is 4.68 Å². The third kappa shape index (κ3) is 2.29. The van der Waals surface area contributed by atoms with Crippen molar-refractivity contribution in [1.82, 2.24) is 24.9 Å². The fourth-order valence-corrected chi connectivity index (χ4v) is 3.41. The number of likely N-dealkylation sites (tertiary alicyclic amines) is 1. The molecule has 0 radical (unpaired) electrons. The van der Waals surface area contributed by atoms with Crippen molar-refractivity contribution in [2.24, 2.45) is 0 Å². The quantitative estimate of drug-likeness (QED) is 0.801. The summed E-state index contributed by atoms with van der Waals surface area (Å²) >= 11 is 0. The summed E-state index contributed by atoms with van der Waals surface area (Å²) in [6, 6.07) is 8.37. The van der Waals surface area contributed by atoms with Crippen LogP contribution in [0.15, 0.2) is 36.7 Å². The van der Waals surface area contributed by atoms with Gasteiger partial charge in [-0.2, -0.15) is 0 Å². The molecule has 0 bridgehead atoms. The Morgan fingerprint density at radius 2 is 2.08 bits per heavy atom. The molecular weight excluding hydrogens is 302 g/mol. The van der Waals surface area contributed by atoms with E-state index in [0.29, 0.717) is 12.3 Å². The predicted octanol–water partition coefficient (Wildman–Crippen LogP) is 2.26. The lowest BCUT2D eigenvalue weighted by atomic mass is 10.1. The van der Waals surface area contributed by atoms with Crippen LogP contribution in [0.25, 0.3) is 10.9 Å². The molecule has 24 heavy (non-hydrogen) atoms. The zero-order chi connectivity index (χ0) is 16.1. The van der Waals surface area contributed by atoms with Crippen molar-refractivity contribution in [2.45, 2.75) is 31.2 Å². The number of para-hydroxylation sites is 1. The van der Waals surface area contributed by atoms with E-state index < -0.39 is 0 Å². The van der Waals surface area contributed by atoms with Gasteiger partial charge < -0.3 is 9.88 Å². The Morgan fingerprint density at radius 3 is 2.92 bits per heavy atom. The molecule has 6 nitrogen and oxygen atoms in total. The van der Waals surface area contributed by atoms with Crippen molar-refractivity contribution in [1.29, 1.82) is 0 Å². The molecule has 3 aromatic rings. The molecule has 1 amide bonds. The largest absolute Gasteiger partial charge is 0.361 e. The van der Waals surface area contributed by atoms with Gasteiger partial charge in [-0.15, -0.1) is 5.10 Å². The summed E-state index contributed by atoms with van der Waals surface area (Å²) in [6.45, 7) is 1.46. The van der Waals surface area contributed by atoms with Crippen LogP contribution in [-0.4, -0.2) is 43.9 Å². The van der Waals surface area contributed by atoms with Gasteiger partial charge in [0.2, 0.25) is 5.91 Å². The van der Waals surface area contributed by atoms with Crippen molar-refractivity contribution in [3.8, 4) is 0 Å². The third-order valence-electron chi connectivity index (χ3n) is 5.13. The highest BCUT2D eigenvalue weighted by Crippen LogP contribution is 2.39. The van der Waals surface area contributed by atoms with Crippen molar-refractivity contribution in [3.63, 3.8) is 0 Å². The predicted molar refractivity (Wildman–Crippen MR) is 89.6 cm³/mol. The van der Waals surface area contributed by atoms with Crippen LogP contribution in [0.5, 0.6) is 0 Å². The number of fused-ring (bicyclic) bond motifs is 1. The van der Waals surface area contributed by atoms with Crippen molar-refractivity contribution in [3.05, 3.63) is 47.9 Å². The second kappa shape index (κ2) is 5.19. The van der Waals surface area contributed by atoms with E-state index in [1.807, 2.05) is 34.0 Å². The molecule has 1 aliphatic heterocycles. The van der Waals surface area contributed by atoms with E-state index in [1.54, 1.807) is 0 Å².